The molecule has 1 atom stereocenters. The van der Waals surface area contributed by atoms with E-state index < -0.39 is 11.7 Å². The summed E-state index contributed by atoms with van der Waals surface area (Å²) in [4.78, 5) is 4.18. The number of aliphatic imine (C=N–C) groups is 1. The maximum atomic E-state index is 12.8. The number of nitrogens with zero attached hydrogens (tertiary/aromatic N) is 1. The highest BCUT2D eigenvalue weighted by molar-refractivity contribution is 5.79. The molecule has 5 nitrogen and oxygen atoms in total. The third-order valence-electron chi connectivity index (χ3n) is 4.44. The van der Waals surface area contributed by atoms with Crippen LogP contribution in [-0.2, 0) is 10.9 Å². The fourth-order valence-electron chi connectivity index (χ4n) is 2.77. The van der Waals surface area contributed by atoms with Gasteiger partial charge in [0.2, 0.25) is 0 Å². The van der Waals surface area contributed by atoms with Crippen molar-refractivity contribution in [2.45, 2.75) is 38.5 Å². The molecule has 2 rings (SSSR count). The van der Waals surface area contributed by atoms with E-state index in [2.05, 4.69) is 21.7 Å². The van der Waals surface area contributed by atoms with Crippen LogP contribution in [0.15, 0.2) is 40.9 Å². The standard InChI is InChI=1S/C20H28F3N3O2/c1-3-17(28-18-6-4-5-16(13-18)20(21,22)23)14-26-19(24-2)25-10-7-15-8-11-27-12-9-15/h4-6,8,13,17H,3,7,9-12,14H2,1-2H3,(H2,24,25,26). The van der Waals surface area contributed by atoms with Crippen LogP contribution >= 0.6 is 0 Å². The molecule has 0 amide bonds. The molecule has 0 saturated heterocycles. The van der Waals surface area contributed by atoms with Crippen LogP contribution in [0.3, 0.4) is 0 Å². The van der Waals surface area contributed by atoms with Crippen molar-refractivity contribution in [2.24, 2.45) is 4.99 Å². The minimum absolute atomic E-state index is 0.206. The molecule has 2 N–H and O–H groups in total. The van der Waals surface area contributed by atoms with E-state index in [1.54, 1.807) is 7.05 Å². The quantitative estimate of drug-likeness (QED) is 0.397. The molecule has 1 unspecified atom stereocenters. The topological polar surface area (TPSA) is 54.9 Å². The third kappa shape index (κ3) is 7.42. The third-order valence-corrected chi connectivity index (χ3v) is 4.44. The number of guanidine groups is 1. The zero-order valence-electron chi connectivity index (χ0n) is 16.3. The number of hydrogen-bond acceptors (Lipinski definition) is 3. The lowest BCUT2D eigenvalue weighted by Crippen LogP contribution is -2.42. The van der Waals surface area contributed by atoms with E-state index in [1.165, 1.54) is 17.7 Å². The summed E-state index contributed by atoms with van der Waals surface area (Å²) in [5.74, 6) is 0.844. The average Bonchev–Trinajstić information content (AvgIpc) is 2.69. The second-order valence-electron chi connectivity index (χ2n) is 6.49. The van der Waals surface area contributed by atoms with Crippen LogP contribution in [-0.4, -0.2) is 45.4 Å². The van der Waals surface area contributed by atoms with Gasteiger partial charge in [-0.05, 0) is 37.5 Å². The Morgan fingerprint density at radius 2 is 2.14 bits per heavy atom. The van der Waals surface area contributed by atoms with Crippen LogP contribution in [0.25, 0.3) is 0 Å². The van der Waals surface area contributed by atoms with E-state index in [9.17, 15) is 13.2 Å². The van der Waals surface area contributed by atoms with Crippen molar-refractivity contribution in [1.82, 2.24) is 10.6 Å². The minimum Gasteiger partial charge on any atom is -0.489 e. The molecule has 1 heterocycles. The molecule has 0 spiro atoms. The SMILES string of the molecule is CCC(CNC(=NC)NCCC1=CCOCC1)Oc1cccc(C(F)(F)F)c1. The van der Waals surface area contributed by atoms with Crippen molar-refractivity contribution in [1.29, 1.82) is 0 Å². The first-order valence-electron chi connectivity index (χ1n) is 9.46. The second-order valence-corrected chi connectivity index (χ2v) is 6.49. The number of benzene rings is 1. The Morgan fingerprint density at radius 3 is 2.79 bits per heavy atom. The molecule has 1 aromatic carbocycles. The molecule has 0 aliphatic carbocycles. The van der Waals surface area contributed by atoms with Gasteiger partial charge in [0.15, 0.2) is 5.96 Å². The summed E-state index contributed by atoms with van der Waals surface area (Å²) in [7, 11) is 1.68. The Labute approximate surface area is 164 Å². The molecule has 1 aliphatic rings. The van der Waals surface area contributed by atoms with E-state index in [1.807, 2.05) is 6.92 Å². The van der Waals surface area contributed by atoms with E-state index in [-0.39, 0.29) is 11.9 Å². The summed E-state index contributed by atoms with van der Waals surface area (Å²) in [6.07, 6.45) is -0.0334. The molecular formula is C20H28F3N3O2. The fraction of sp³-hybridized carbons (Fsp3) is 0.550. The molecule has 28 heavy (non-hydrogen) atoms. The number of nitrogens with one attached hydrogen (secondary N) is 2. The van der Waals surface area contributed by atoms with Crippen LogP contribution in [0.2, 0.25) is 0 Å². The van der Waals surface area contributed by atoms with Crippen LogP contribution in [0.1, 0.15) is 31.7 Å². The number of ether oxygens (including phenoxy) is 2. The van der Waals surface area contributed by atoms with Gasteiger partial charge in [-0.1, -0.05) is 24.6 Å². The first-order valence-corrected chi connectivity index (χ1v) is 9.46. The van der Waals surface area contributed by atoms with Crippen LogP contribution in [0.5, 0.6) is 5.75 Å². The molecule has 1 aromatic rings. The number of alkyl halides is 3. The number of hydrogen-bond donors (Lipinski definition) is 2. The highest BCUT2D eigenvalue weighted by Gasteiger charge is 2.30. The molecule has 156 valence electrons. The van der Waals surface area contributed by atoms with E-state index >= 15 is 0 Å². The van der Waals surface area contributed by atoms with Gasteiger partial charge in [0.25, 0.3) is 0 Å². The van der Waals surface area contributed by atoms with Gasteiger partial charge >= 0.3 is 6.18 Å². The molecule has 0 bridgehead atoms. The number of rotatable bonds is 8. The Bertz CT molecular complexity index is 675. The molecule has 0 fully saturated rings. The molecule has 0 saturated carbocycles. The monoisotopic (exact) mass is 399 g/mol. The Kier molecular flexibility index (Phi) is 8.63. The van der Waals surface area contributed by atoms with E-state index in [0.29, 0.717) is 25.5 Å². The molecule has 0 radical (unpaired) electrons. The van der Waals surface area contributed by atoms with Crippen molar-refractivity contribution in [3.8, 4) is 5.75 Å². The summed E-state index contributed by atoms with van der Waals surface area (Å²) in [6.45, 7) is 4.55. The molecule has 8 heteroatoms. The van der Waals surface area contributed by atoms with Gasteiger partial charge < -0.3 is 20.1 Å². The Morgan fingerprint density at radius 1 is 1.32 bits per heavy atom. The Balaban J connectivity index is 1.80. The van der Waals surface area contributed by atoms with Crippen molar-refractivity contribution >= 4 is 5.96 Å². The summed E-state index contributed by atoms with van der Waals surface area (Å²) in [5.41, 5.74) is 0.654. The lowest BCUT2D eigenvalue weighted by atomic mass is 10.1. The maximum absolute atomic E-state index is 12.8. The van der Waals surface area contributed by atoms with Crippen LogP contribution in [0, 0.1) is 0 Å². The number of halogens is 3. The van der Waals surface area contributed by atoms with E-state index in [0.717, 1.165) is 38.1 Å². The predicted octanol–water partition coefficient (Wildman–Crippen LogP) is 3.76. The van der Waals surface area contributed by atoms with Crippen LogP contribution < -0.4 is 15.4 Å². The van der Waals surface area contributed by atoms with Gasteiger partial charge in [-0.15, -0.1) is 0 Å². The lowest BCUT2D eigenvalue weighted by Gasteiger charge is -2.21. The van der Waals surface area contributed by atoms with Gasteiger partial charge in [0, 0.05) is 13.6 Å². The summed E-state index contributed by atoms with van der Waals surface area (Å²) in [5, 5.41) is 6.41. The molecule has 0 aromatic heterocycles. The van der Waals surface area contributed by atoms with Gasteiger partial charge in [0.05, 0.1) is 25.3 Å². The lowest BCUT2D eigenvalue weighted by molar-refractivity contribution is -0.137. The van der Waals surface area contributed by atoms with Gasteiger partial charge in [-0.3, -0.25) is 4.99 Å². The maximum Gasteiger partial charge on any atom is 0.416 e. The first kappa shape index (κ1) is 22.1. The Hall–Kier alpha value is -2.22. The largest absolute Gasteiger partial charge is 0.489 e. The second kappa shape index (κ2) is 10.9. The van der Waals surface area contributed by atoms with Crippen molar-refractivity contribution in [3.05, 3.63) is 41.5 Å². The van der Waals surface area contributed by atoms with Gasteiger partial charge in [-0.25, -0.2) is 0 Å². The predicted molar refractivity (Wildman–Crippen MR) is 104 cm³/mol. The summed E-state index contributed by atoms with van der Waals surface area (Å²) >= 11 is 0. The summed E-state index contributed by atoms with van der Waals surface area (Å²) in [6, 6.07) is 4.94. The summed E-state index contributed by atoms with van der Waals surface area (Å²) < 4.78 is 49.5. The fourth-order valence-corrected chi connectivity index (χ4v) is 2.77. The highest BCUT2D eigenvalue weighted by atomic mass is 19.4. The van der Waals surface area contributed by atoms with E-state index in [4.69, 9.17) is 9.47 Å². The van der Waals surface area contributed by atoms with Crippen molar-refractivity contribution in [2.75, 3.05) is 33.4 Å². The van der Waals surface area contributed by atoms with Gasteiger partial charge in [0.1, 0.15) is 11.9 Å². The average molecular weight is 399 g/mol. The van der Waals surface area contributed by atoms with Gasteiger partial charge in [-0.2, -0.15) is 13.2 Å². The molecular weight excluding hydrogens is 371 g/mol. The smallest absolute Gasteiger partial charge is 0.416 e. The highest BCUT2D eigenvalue weighted by Crippen LogP contribution is 2.31. The normalized spacial score (nSPS) is 16.3. The first-order chi connectivity index (χ1) is 13.4. The van der Waals surface area contributed by atoms with Crippen molar-refractivity contribution < 1.29 is 22.6 Å². The van der Waals surface area contributed by atoms with Crippen molar-refractivity contribution in [3.63, 3.8) is 0 Å². The molecule has 1 aliphatic heterocycles. The van der Waals surface area contributed by atoms with Crippen LogP contribution in [0.4, 0.5) is 13.2 Å². The zero-order chi connectivity index (χ0) is 20.4. The zero-order valence-corrected chi connectivity index (χ0v) is 16.3. The minimum atomic E-state index is -4.38.